The first-order chi connectivity index (χ1) is 7.68. The molecule has 7 heteroatoms. The maximum Gasteiger partial charge on any atom is 0.267 e. The van der Waals surface area contributed by atoms with Gasteiger partial charge in [-0.2, -0.15) is 0 Å². The van der Waals surface area contributed by atoms with Crippen molar-refractivity contribution < 1.29 is 0 Å². The first kappa shape index (κ1) is 11.3. The summed E-state index contributed by atoms with van der Waals surface area (Å²) in [7, 11) is 1.87. The molecule has 0 aliphatic rings. The van der Waals surface area contributed by atoms with E-state index >= 15 is 0 Å². The fourth-order valence-corrected chi connectivity index (χ4v) is 2.34. The van der Waals surface area contributed by atoms with Crippen LogP contribution in [0.25, 0.3) is 0 Å². The molecule has 2 rings (SSSR count). The van der Waals surface area contributed by atoms with Gasteiger partial charge in [0.25, 0.3) is 5.56 Å². The fraction of sp³-hybridized carbons (Fsp3) is 0.222. The monoisotopic (exact) mass is 300 g/mol. The molecule has 16 heavy (non-hydrogen) atoms. The average molecular weight is 301 g/mol. The van der Waals surface area contributed by atoms with Gasteiger partial charge in [0.05, 0.1) is 24.1 Å². The Balaban J connectivity index is 2.24. The minimum Gasteiger partial charge on any atom is -0.353 e. The zero-order valence-electron chi connectivity index (χ0n) is 8.48. The smallest absolute Gasteiger partial charge is 0.267 e. The van der Waals surface area contributed by atoms with Crippen molar-refractivity contribution in [2.75, 3.05) is 11.9 Å². The number of rotatable bonds is 3. The Labute approximate surface area is 104 Å². The molecule has 5 nitrogen and oxygen atoms in total. The topological polar surface area (TPSA) is 61.9 Å². The normalized spacial score (nSPS) is 10.4. The highest BCUT2D eigenvalue weighted by Crippen LogP contribution is 2.19. The summed E-state index contributed by atoms with van der Waals surface area (Å²) in [6, 6.07) is 0. The lowest BCUT2D eigenvalue weighted by molar-refractivity contribution is 0.860. The van der Waals surface area contributed by atoms with Crippen molar-refractivity contribution >= 4 is 33.1 Å². The van der Waals surface area contributed by atoms with Gasteiger partial charge in [0, 0.05) is 12.4 Å². The van der Waals surface area contributed by atoms with Crippen LogP contribution >= 0.6 is 27.3 Å². The van der Waals surface area contributed by atoms with E-state index in [4.69, 9.17) is 0 Å². The van der Waals surface area contributed by atoms with Crippen molar-refractivity contribution in [1.82, 2.24) is 15.0 Å². The molecule has 2 aromatic heterocycles. The van der Waals surface area contributed by atoms with Crippen LogP contribution in [0.2, 0.25) is 0 Å². The molecule has 1 N–H and O–H groups in total. The summed E-state index contributed by atoms with van der Waals surface area (Å²) >= 11 is 4.77. The van der Waals surface area contributed by atoms with E-state index < -0.39 is 0 Å². The molecule has 0 spiro atoms. The van der Waals surface area contributed by atoms with Crippen LogP contribution < -0.4 is 10.5 Å². The molecule has 0 aliphatic heterocycles. The third-order valence-electron chi connectivity index (χ3n) is 2.02. The average Bonchev–Trinajstić information content (AvgIpc) is 2.74. The molecular weight excluding hydrogens is 292 g/mol. The summed E-state index contributed by atoms with van der Waals surface area (Å²) in [5, 5.41) is 1.97. The number of nitrogens with one attached hydrogen (secondary N) is 1. The number of thiazole rings is 1. The van der Waals surface area contributed by atoms with Gasteiger partial charge in [0.2, 0.25) is 0 Å². The molecule has 0 amide bonds. The van der Waals surface area contributed by atoms with E-state index in [2.05, 4.69) is 30.9 Å². The number of aromatic amines is 1. The van der Waals surface area contributed by atoms with Crippen molar-refractivity contribution in [3.05, 3.63) is 37.7 Å². The Morgan fingerprint density at radius 2 is 2.38 bits per heavy atom. The summed E-state index contributed by atoms with van der Waals surface area (Å²) in [6.07, 6.45) is 1.39. The Morgan fingerprint density at radius 3 is 3.06 bits per heavy atom. The Kier molecular flexibility index (Phi) is 3.35. The minimum atomic E-state index is -0.185. The molecule has 0 fully saturated rings. The molecule has 0 radical (unpaired) electrons. The zero-order valence-corrected chi connectivity index (χ0v) is 10.9. The zero-order chi connectivity index (χ0) is 11.5. The van der Waals surface area contributed by atoms with Gasteiger partial charge in [0.15, 0.2) is 0 Å². The van der Waals surface area contributed by atoms with E-state index in [9.17, 15) is 4.79 Å². The van der Waals surface area contributed by atoms with Gasteiger partial charge in [-0.05, 0) is 15.9 Å². The van der Waals surface area contributed by atoms with Crippen LogP contribution in [0, 0.1) is 0 Å². The van der Waals surface area contributed by atoms with Gasteiger partial charge in [-0.25, -0.2) is 9.97 Å². The molecule has 0 saturated heterocycles. The van der Waals surface area contributed by atoms with Gasteiger partial charge in [0.1, 0.15) is 10.3 Å². The van der Waals surface area contributed by atoms with E-state index in [0.29, 0.717) is 16.8 Å². The highest BCUT2D eigenvalue weighted by atomic mass is 79.9. The van der Waals surface area contributed by atoms with E-state index in [-0.39, 0.29) is 5.56 Å². The van der Waals surface area contributed by atoms with Crippen LogP contribution in [0.4, 0.5) is 5.82 Å². The second-order valence-electron chi connectivity index (χ2n) is 3.21. The molecule has 0 aromatic carbocycles. The molecule has 0 bridgehead atoms. The van der Waals surface area contributed by atoms with Gasteiger partial charge in [-0.1, -0.05) is 0 Å². The SMILES string of the molecule is CN(Cc1cscn1)c1nc[nH]c(=O)c1Br. The summed E-state index contributed by atoms with van der Waals surface area (Å²) in [6.45, 7) is 0.624. The molecule has 0 saturated carbocycles. The lowest BCUT2D eigenvalue weighted by Crippen LogP contribution is -2.22. The van der Waals surface area contributed by atoms with E-state index in [1.807, 2.05) is 17.3 Å². The van der Waals surface area contributed by atoms with Crippen molar-refractivity contribution in [1.29, 1.82) is 0 Å². The van der Waals surface area contributed by atoms with Crippen LogP contribution in [0.5, 0.6) is 0 Å². The summed E-state index contributed by atoms with van der Waals surface area (Å²) in [5.41, 5.74) is 2.56. The van der Waals surface area contributed by atoms with Gasteiger partial charge >= 0.3 is 0 Å². The van der Waals surface area contributed by atoms with Crippen LogP contribution in [0.3, 0.4) is 0 Å². The number of aromatic nitrogens is 3. The number of hydrogen-bond acceptors (Lipinski definition) is 5. The van der Waals surface area contributed by atoms with Gasteiger partial charge < -0.3 is 9.88 Å². The Morgan fingerprint density at radius 1 is 1.56 bits per heavy atom. The fourth-order valence-electron chi connectivity index (χ4n) is 1.27. The number of hydrogen-bond donors (Lipinski definition) is 1. The van der Waals surface area contributed by atoms with Crippen molar-refractivity contribution in [3.8, 4) is 0 Å². The van der Waals surface area contributed by atoms with Crippen molar-refractivity contribution in [3.63, 3.8) is 0 Å². The molecule has 2 heterocycles. The summed E-state index contributed by atoms with van der Waals surface area (Å²) in [5.74, 6) is 0.608. The lowest BCUT2D eigenvalue weighted by atomic mass is 10.4. The second kappa shape index (κ2) is 4.75. The Hall–Kier alpha value is -1.21. The minimum absolute atomic E-state index is 0.185. The third-order valence-corrected chi connectivity index (χ3v) is 3.37. The van der Waals surface area contributed by atoms with Crippen molar-refractivity contribution in [2.45, 2.75) is 6.54 Å². The lowest BCUT2D eigenvalue weighted by Gasteiger charge is -2.17. The molecule has 84 valence electrons. The number of halogens is 1. The second-order valence-corrected chi connectivity index (χ2v) is 4.72. The van der Waals surface area contributed by atoms with E-state index in [0.717, 1.165) is 5.69 Å². The van der Waals surface area contributed by atoms with Crippen LogP contribution in [-0.2, 0) is 6.54 Å². The molecule has 0 atom stereocenters. The highest BCUT2D eigenvalue weighted by Gasteiger charge is 2.11. The standard InChI is InChI=1S/C9H9BrN4OS/c1-14(2-6-3-16-5-13-6)8-7(10)9(15)12-4-11-8/h3-5H,2H2,1H3,(H,11,12,15). The third kappa shape index (κ3) is 2.30. The van der Waals surface area contributed by atoms with E-state index in [1.165, 1.54) is 6.33 Å². The molecular formula is C9H9BrN4OS. The van der Waals surface area contributed by atoms with E-state index in [1.54, 1.807) is 16.8 Å². The number of nitrogens with zero attached hydrogens (tertiary/aromatic N) is 3. The van der Waals surface area contributed by atoms with Gasteiger partial charge in [-0.3, -0.25) is 4.79 Å². The molecule has 0 unspecified atom stereocenters. The van der Waals surface area contributed by atoms with Crippen molar-refractivity contribution in [2.24, 2.45) is 0 Å². The van der Waals surface area contributed by atoms with Crippen LogP contribution in [0.1, 0.15) is 5.69 Å². The largest absolute Gasteiger partial charge is 0.353 e. The van der Waals surface area contributed by atoms with Gasteiger partial charge in [-0.15, -0.1) is 11.3 Å². The predicted molar refractivity (Wildman–Crippen MR) is 66.8 cm³/mol. The van der Waals surface area contributed by atoms with Crippen LogP contribution in [-0.4, -0.2) is 22.0 Å². The molecule has 0 aliphatic carbocycles. The first-order valence-electron chi connectivity index (χ1n) is 4.50. The Bertz CT molecular complexity index is 525. The maximum atomic E-state index is 11.4. The summed E-state index contributed by atoms with van der Waals surface area (Å²) in [4.78, 5) is 24.0. The number of H-pyrrole nitrogens is 1. The molecule has 2 aromatic rings. The highest BCUT2D eigenvalue weighted by molar-refractivity contribution is 9.10. The predicted octanol–water partition coefficient (Wildman–Crippen LogP) is 1.63. The number of anilines is 1. The first-order valence-corrected chi connectivity index (χ1v) is 6.23. The maximum absolute atomic E-state index is 11.4. The summed E-state index contributed by atoms with van der Waals surface area (Å²) < 4.78 is 0.438. The van der Waals surface area contributed by atoms with Crippen LogP contribution in [0.15, 0.2) is 26.5 Å². The quantitative estimate of drug-likeness (QED) is 0.936.